The van der Waals surface area contributed by atoms with Crippen LogP contribution >= 0.6 is 0 Å². The Hall–Kier alpha value is -2.58. The number of para-hydroxylation sites is 2. The van der Waals surface area contributed by atoms with Crippen molar-refractivity contribution >= 4 is 15.9 Å². The van der Waals surface area contributed by atoms with Gasteiger partial charge in [0.05, 0.1) is 11.4 Å². The Bertz CT molecular complexity index is 986. The molecule has 0 saturated carbocycles. The van der Waals surface area contributed by atoms with Crippen LogP contribution in [-0.2, 0) is 10.0 Å². The van der Waals surface area contributed by atoms with Crippen LogP contribution in [0.5, 0.6) is 11.5 Å². The van der Waals surface area contributed by atoms with E-state index in [2.05, 4.69) is 5.32 Å². The first-order chi connectivity index (χ1) is 14.0. The van der Waals surface area contributed by atoms with E-state index in [0.717, 1.165) is 19.3 Å². The van der Waals surface area contributed by atoms with Crippen molar-refractivity contribution in [2.45, 2.75) is 30.3 Å². The zero-order valence-corrected chi connectivity index (χ0v) is 16.9. The summed E-state index contributed by atoms with van der Waals surface area (Å²) in [4.78, 5) is 12.7. The van der Waals surface area contributed by atoms with E-state index in [9.17, 15) is 13.2 Å². The largest absolute Gasteiger partial charge is 0.486 e. The molecule has 2 heterocycles. The summed E-state index contributed by atoms with van der Waals surface area (Å²) in [6, 6.07) is 13.6. The van der Waals surface area contributed by atoms with Crippen molar-refractivity contribution in [3.63, 3.8) is 0 Å². The number of ether oxygens (including phenoxy) is 2. The molecular weight excluding hydrogens is 392 g/mol. The van der Waals surface area contributed by atoms with Gasteiger partial charge in [0, 0.05) is 18.7 Å². The maximum absolute atomic E-state index is 12.8. The van der Waals surface area contributed by atoms with Crippen molar-refractivity contribution < 1.29 is 22.7 Å². The molecule has 4 rings (SSSR count). The number of nitrogens with one attached hydrogen (secondary N) is 1. The first kappa shape index (κ1) is 19.7. The molecule has 154 valence electrons. The highest BCUT2D eigenvalue weighted by molar-refractivity contribution is 7.89. The summed E-state index contributed by atoms with van der Waals surface area (Å²) in [5.74, 6) is 0.987. The van der Waals surface area contributed by atoms with Gasteiger partial charge in [0.25, 0.3) is 5.91 Å². The molecule has 2 aromatic rings. The fourth-order valence-electron chi connectivity index (χ4n) is 3.52. The van der Waals surface area contributed by atoms with Crippen molar-refractivity contribution in [3.05, 3.63) is 54.1 Å². The molecule has 0 aliphatic carbocycles. The number of rotatable bonds is 5. The molecule has 0 bridgehead atoms. The quantitative estimate of drug-likeness (QED) is 0.809. The van der Waals surface area contributed by atoms with E-state index in [1.54, 1.807) is 12.1 Å². The van der Waals surface area contributed by atoms with Gasteiger partial charge in [-0.1, -0.05) is 24.6 Å². The maximum atomic E-state index is 12.8. The van der Waals surface area contributed by atoms with Crippen LogP contribution in [0.1, 0.15) is 29.6 Å². The highest BCUT2D eigenvalue weighted by Gasteiger charge is 2.27. The average Bonchev–Trinajstić information content (AvgIpc) is 2.78. The third kappa shape index (κ3) is 4.38. The number of nitrogens with zero attached hydrogens (tertiary/aromatic N) is 1. The van der Waals surface area contributed by atoms with Crippen LogP contribution in [0.25, 0.3) is 0 Å². The van der Waals surface area contributed by atoms with E-state index >= 15 is 0 Å². The summed E-state index contributed by atoms with van der Waals surface area (Å²) in [5, 5.41) is 2.81. The number of sulfonamides is 1. The van der Waals surface area contributed by atoms with E-state index in [-0.39, 0.29) is 23.5 Å². The van der Waals surface area contributed by atoms with Gasteiger partial charge in [0.15, 0.2) is 11.5 Å². The summed E-state index contributed by atoms with van der Waals surface area (Å²) >= 11 is 0. The lowest BCUT2D eigenvalue weighted by atomic mass is 10.2. The van der Waals surface area contributed by atoms with E-state index in [0.29, 0.717) is 36.8 Å². The molecule has 0 aromatic heterocycles. The molecule has 1 saturated heterocycles. The topological polar surface area (TPSA) is 84.9 Å². The number of hydrogen-bond donors (Lipinski definition) is 1. The number of piperidine rings is 1. The van der Waals surface area contributed by atoms with Crippen LogP contribution in [0.2, 0.25) is 0 Å². The van der Waals surface area contributed by atoms with Gasteiger partial charge in [0.1, 0.15) is 12.7 Å². The molecule has 0 radical (unpaired) electrons. The van der Waals surface area contributed by atoms with Gasteiger partial charge in [0.2, 0.25) is 10.0 Å². The SMILES string of the molecule is O=C(NC[C@H]1COc2ccccc2O1)c1cccc(S(=O)(=O)N2CCCCC2)c1. The van der Waals surface area contributed by atoms with E-state index in [1.165, 1.54) is 16.4 Å². The predicted octanol–water partition coefficient (Wildman–Crippen LogP) is 2.43. The summed E-state index contributed by atoms with van der Waals surface area (Å²) in [7, 11) is -3.58. The lowest BCUT2D eigenvalue weighted by molar-refractivity contribution is 0.0789. The van der Waals surface area contributed by atoms with Crippen molar-refractivity contribution in [2.24, 2.45) is 0 Å². The third-order valence-corrected chi connectivity index (χ3v) is 7.00. The summed E-state index contributed by atoms with van der Waals surface area (Å²) < 4.78 is 38.7. The Morgan fingerprint density at radius 1 is 1.03 bits per heavy atom. The van der Waals surface area contributed by atoms with Crippen LogP contribution < -0.4 is 14.8 Å². The highest BCUT2D eigenvalue weighted by Crippen LogP contribution is 2.30. The van der Waals surface area contributed by atoms with Gasteiger partial charge in [-0.05, 0) is 43.2 Å². The fourth-order valence-corrected chi connectivity index (χ4v) is 5.09. The lowest BCUT2D eigenvalue weighted by Gasteiger charge is -2.26. The molecule has 8 heteroatoms. The second-order valence-electron chi connectivity index (χ2n) is 7.20. The maximum Gasteiger partial charge on any atom is 0.251 e. The number of amides is 1. The zero-order valence-electron chi connectivity index (χ0n) is 16.0. The molecule has 2 aliphatic heterocycles. The number of fused-ring (bicyclic) bond motifs is 1. The predicted molar refractivity (Wildman–Crippen MR) is 108 cm³/mol. The summed E-state index contributed by atoms with van der Waals surface area (Å²) in [6.45, 7) is 1.65. The second-order valence-corrected chi connectivity index (χ2v) is 9.14. The van der Waals surface area contributed by atoms with Crippen LogP contribution in [0.3, 0.4) is 0 Å². The lowest BCUT2D eigenvalue weighted by Crippen LogP contribution is -2.40. The van der Waals surface area contributed by atoms with Crippen LogP contribution in [0.4, 0.5) is 0 Å². The minimum Gasteiger partial charge on any atom is -0.486 e. The van der Waals surface area contributed by atoms with Gasteiger partial charge in [-0.15, -0.1) is 0 Å². The summed E-state index contributed by atoms with van der Waals surface area (Å²) in [5.41, 5.74) is 0.306. The van der Waals surface area contributed by atoms with Gasteiger partial charge in [-0.25, -0.2) is 8.42 Å². The Morgan fingerprint density at radius 2 is 1.79 bits per heavy atom. The molecular formula is C21H24N2O5S. The van der Waals surface area contributed by atoms with Crippen LogP contribution in [-0.4, -0.2) is 51.0 Å². The van der Waals surface area contributed by atoms with Gasteiger partial charge in [-0.2, -0.15) is 4.31 Å². The highest BCUT2D eigenvalue weighted by atomic mass is 32.2. The number of carbonyl (C=O) groups is 1. The molecule has 2 aromatic carbocycles. The molecule has 1 atom stereocenters. The van der Waals surface area contributed by atoms with Crippen molar-refractivity contribution in [1.29, 1.82) is 0 Å². The number of carbonyl (C=O) groups excluding carboxylic acids is 1. The van der Waals surface area contributed by atoms with Gasteiger partial charge < -0.3 is 14.8 Å². The molecule has 0 spiro atoms. The molecule has 1 fully saturated rings. The number of hydrogen-bond acceptors (Lipinski definition) is 5. The first-order valence-corrected chi connectivity index (χ1v) is 11.2. The first-order valence-electron chi connectivity index (χ1n) is 9.81. The molecule has 0 unspecified atom stereocenters. The minimum atomic E-state index is -3.58. The zero-order chi connectivity index (χ0) is 20.3. The van der Waals surface area contributed by atoms with Crippen molar-refractivity contribution in [3.8, 4) is 11.5 Å². The van der Waals surface area contributed by atoms with Gasteiger partial charge in [-0.3, -0.25) is 4.79 Å². The Balaban J connectivity index is 1.40. The second kappa shape index (κ2) is 8.42. The summed E-state index contributed by atoms with van der Waals surface area (Å²) in [6.07, 6.45) is 2.47. The Kier molecular flexibility index (Phi) is 5.73. The Morgan fingerprint density at radius 3 is 2.59 bits per heavy atom. The smallest absolute Gasteiger partial charge is 0.251 e. The normalized spacial score (nSPS) is 19.5. The van der Waals surface area contributed by atoms with E-state index in [4.69, 9.17) is 9.47 Å². The van der Waals surface area contributed by atoms with Crippen LogP contribution in [0, 0.1) is 0 Å². The van der Waals surface area contributed by atoms with E-state index in [1.807, 2.05) is 24.3 Å². The fraction of sp³-hybridized carbons (Fsp3) is 0.381. The van der Waals surface area contributed by atoms with Crippen molar-refractivity contribution in [1.82, 2.24) is 9.62 Å². The molecule has 29 heavy (non-hydrogen) atoms. The molecule has 1 N–H and O–H groups in total. The third-order valence-electron chi connectivity index (χ3n) is 5.11. The van der Waals surface area contributed by atoms with Gasteiger partial charge >= 0.3 is 0 Å². The van der Waals surface area contributed by atoms with E-state index < -0.39 is 10.0 Å². The standard InChI is InChI=1S/C21H24N2O5S/c24-21(22-14-17-15-27-19-9-2-3-10-20(19)28-17)16-7-6-8-18(13-16)29(25,26)23-11-4-1-5-12-23/h2-3,6-10,13,17H,1,4-5,11-12,14-15H2,(H,22,24)/t17-/m0/s1. The molecule has 1 amide bonds. The Labute approximate surface area is 170 Å². The average molecular weight is 416 g/mol. The monoisotopic (exact) mass is 416 g/mol. The molecule has 7 nitrogen and oxygen atoms in total. The number of benzene rings is 2. The molecule has 2 aliphatic rings. The van der Waals surface area contributed by atoms with Crippen molar-refractivity contribution in [2.75, 3.05) is 26.2 Å². The van der Waals surface area contributed by atoms with Crippen LogP contribution in [0.15, 0.2) is 53.4 Å². The minimum absolute atomic E-state index is 0.151.